The predicted molar refractivity (Wildman–Crippen MR) is 61.5 cm³/mol. The highest BCUT2D eigenvalue weighted by Crippen LogP contribution is 2.26. The number of hydrogen-bond donors (Lipinski definition) is 0. The van der Waals surface area contributed by atoms with Gasteiger partial charge in [0, 0.05) is 8.90 Å². The summed E-state index contributed by atoms with van der Waals surface area (Å²) in [6, 6.07) is 5.90. The lowest BCUT2D eigenvalue weighted by atomic mass is 10.1. The van der Waals surface area contributed by atoms with E-state index in [0.29, 0.717) is 15.9 Å². The van der Waals surface area contributed by atoms with Gasteiger partial charge in [-0.15, -0.1) is 0 Å². The Bertz CT molecular complexity index is 346. The third-order valence-corrected chi connectivity index (χ3v) is 3.65. The summed E-state index contributed by atoms with van der Waals surface area (Å²) in [4.78, 5) is 0. The van der Waals surface area contributed by atoms with Gasteiger partial charge in [0.05, 0.1) is 10.6 Å². The van der Waals surface area contributed by atoms with Crippen molar-refractivity contribution in [1.29, 1.82) is 5.26 Å². The van der Waals surface area contributed by atoms with Crippen LogP contribution in [0.4, 0.5) is 0 Å². The second kappa shape index (κ2) is 4.45. The van der Waals surface area contributed by atoms with E-state index >= 15 is 0 Å². The highest BCUT2D eigenvalue weighted by atomic mass is 127. The maximum absolute atomic E-state index is 8.80. The second-order valence-electron chi connectivity index (χ2n) is 2.14. The molecule has 0 saturated heterocycles. The summed E-state index contributed by atoms with van der Waals surface area (Å²) >= 11 is 11.3. The molecule has 0 N–H and O–H groups in total. The molecule has 0 aliphatic rings. The first-order chi connectivity index (χ1) is 5.70. The number of nitrogens with zero attached hydrogens (tertiary/aromatic N) is 1. The molecule has 12 heavy (non-hydrogen) atoms. The van der Waals surface area contributed by atoms with Gasteiger partial charge in [0.15, 0.2) is 0 Å². The van der Waals surface area contributed by atoms with Gasteiger partial charge in [-0.2, -0.15) is 5.26 Å². The normalized spacial score (nSPS) is 9.50. The van der Waals surface area contributed by atoms with E-state index in [4.69, 9.17) is 16.9 Å². The van der Waals surface area contributed by atoms with Gasteiger partial charge in [-0.1, -0.05) is 33.6 Å². The molecule has 0 bridgehead atoms. The molecule has 0 atom stereocenters. The van der Waals surface area contributed by atoms with Crippen LogP contribution in [-0.2, 0) is 5.33 Å². The number of halogens is 3. The molecule has 0 spiro atoms. The fourth-order valence-corrected chi connectivity index (χ4v) is 1.97. The Hall–Kier alpha value is 0.210. The summed E-state index contributed by atoms with van der Waals surface area (Å²) in [5, 5.41) is 10.0. The quantitative estimate of drug-likeness (QED) is 0.556. The van der Waals surface area contributed by atoms with Gasteiger partial charge in [-0.25, -0.2) is 0 Å². The fourth-order valence-electron chi connectivity index (χ4n) is 0.823. The SMILES string of the molecule is N#Cc1c(CBr)ccc(I)c1Cl. The summed E-state index contributed by atoms with van der Waals surface area (Å²) in [6.45, 7) is 0. The molecule has 0 aromatic heterocycles. The molecule has 0 radical (unpaired) electrons. The zero-order valence-electron chi connectivity index (χ0n) is 5.94. The Labute approximate surface area is 98.0 Å². The predicted octanol–water partition coefficient (Wildman–Crippen LogP) is 3.71. The summed E-state index contributed by atoms with van der Waals surface area (Å²) < 4.78 is 0.913. The van der Waals surface area contributed by atoms with Gasteiger partial charge in [-0.05, 0) is 34.2 Å². The van der Waals surface area contributed by atoms with Crippen LogP contribution in [0.2, 0.25) is 5.02 Å². The van der Waals surface area contributed by atoms with E-state index in [2.05, 4.69) is 44.6 Å². The van der Waals surface area contributed by atoms with E-state index in [1.807, 2.05) is 12.1 Å². The fraction of sp³-hybridized carbons (Fsp3) is 0.125. The first kappa shape index (κ1) is 10.3. The lowest BCUT2D eigenvalue weighted by Gasteiger charge is -2.02. The Morgan fingerprint density at radius 2 is 2.25 bits per heavy atom. The van der Waals surface area contributed by atoms with Crippen LogP contribution in [0, 0.1) is 14.9 Å². The summed E-state index contributed by atoms with van der Waals surface area (Å²) in [7, 11) is 0. The average molecular weight is 356 g/mol. The van der Waals surface area contributed by atoms with Crippen molar-refractivity contribution in [2.24, 2.45) is 0 Å². The van der Waals surface area contributed by atoms with E-state index in [1.165, 1.54) is 0 Å². The molecule has 1 rings (SSSR count). The Kier molecular flexibility index (Phi) is 3.81. The molecule has 0 unspecified atom stereocenters. The van der Waals surface area contributed by atoms with E-state index in [9.17, 15) is 0 Å². The minimum atomic E-state index is 0.551. The summed E-state index contributed by atoms with van der Waals surface area (Å²) in [6.07, 6.45) is 0. The number of rotatable bonds is 1. The van der Waals surface area contributed by atoms with Crippen LogP contribution in [-0.4, -0.2) is 0 Å². The van der Waals surface area contributed by atoms with Gasteiger partial charge in [0.2, 0.25) is 0 Å². The number of alkyl halides is 1. The first-order valence-electron chi connectivity index (χ1n) is 3.13. The maximum Gasteiger partial charge on any atom is 0.101 e. The maximum atomic E-state index is 8.80. The Morgan fingerprint density at radius 1 is 1.58 bits per heavy atom. The molecule has 0 aliphatic carbocycles. The second-order valence-corrected chi connectivity index (χ2v) is 4.24. The van der Waals surface area contributed by atoms with Crippen LogP contribution in [0.1, 0.15) is 11.1 Å². The van der Waals surface area contributed by atoms with Crippen molar-refractivity contribution < 1.29 is 0 Å². The molecular formula is C8H4BrClIN. The van der Waals surface area contributed by atoms with Gasteiger partial charge >= 0.3 is 0 Å². The molecule has 62 valence electrons. The molecule has 0 aliphatic heterocycles. The smallest absolute Gasteiger partial charge is 0.101 e. The highest BCUT2D eigenvalue weighted by molar-refractivity contribution is 14.1. The van der Waals surface area contributed by atoms with E-state index in [0.717, 1.165) is 9.13 Å². The van der Waals surface area contributed by atoms with Gasteiger partial charge < -0.3 is 0 Å². The number of nitriles is 1. The van der Waals surface area contributed by atoms with E-state index < -0.39 is 0 Å². The van der Waals surface area contributed by atoms with Crippen LogP contribution in [0.5, 0.6) is 0 Å². The zero-order valence-corrected chi connectivity index (χ0v) is 10.4. The third kappa shape index (κ3) is 1.93. The monoisotopic (exact) mass is 355 g/mol. The van der Waals surface area contributed by atoms with Crippen LogP contribution in [0.3, 0.4) is 0 Å². The highest BCUT2D eigenvalue weighted by Gasteiger charge is 2.08. The molecule has 0 fully saturated rings. The average Bonchev–Trinajstić information content (AvgIpc) is 2.09. The molecule has 1 aromatic carbocycles. The molecule has 0 amide bonds. The van der Waals surface area contributed by atoms with Gasteiger partial charge in [0.1, 0.15) is 6.07 Å². The molecule has 1 nitrogen and oxygen atoms in total. The Balaban J connectivity index is 3.38. The van der Waals surface area contributed by atoms with Crippen molar-refractivity contribution in [2.75, 3.05) is 0 Å². The van der Waals surface area contributed by atoms with Crippen LogP contribution < -0.4 is 0 Å². The van der Waals surface area contributed by atoms with Crippen molar-refractivity contribution in [3.63, 3.8) is 0 Å². The minimum absolute atomic E-state index is 0.551. The van der Waals surface area contributed by atoms with Gasteiger partial charge in [-0.3, -0.25) is 0 Å². The van der Waals surface area contributed by atoms with Crippen molar-refractivity contribution in [3.8, 4) is 6.07 Å². The third-order valence-electron chi connectivity index (χ3n) is 1.44. The van der Waals surface area contributed by atoms with Crippen LogP contribution in [0.25, 0.3) is 0 Å². The molecular weight excluding hydrogens is 352 g/mol. The molecule has 0 heterocycles. The first-order valence-corrected chi connectivity index (χ1v) is 5.71. The standard InChI is InChI=1S/C8H4BrClIN/c9-3-5-1-2-7(11)8(10)6(5)4-12/h1-2H,3H2. The minimum Gasteiger partial charge on any atom is -0.192 e. The topological polar surface area (TPSA) is 23.8 Å². The van der Waals surface area contributed by atoms with E-state index in [-0.39, 0.29) is 0 Å². The Morgan fingerprint density at radius 3 is 2.75 bits per heavy atom. The molecule has 4 heteroatoms. The van der Waals surface area contributed by atoms with Crippen LogP contribution >= 0.6 is 50.1 Å². The summed E-state index contributed by atoms with van der Waals surface area (Å²) in [5.74, 6) is 0. The number of benzene rings is 1. The molecule has 0 saturated carbocycles. The van der Waals surface area contributed by atoms with Crippen molar-refractivity contribution >= 4 is 50.1 Å². The van der Waals surface area contributed by atoms with E-state index in [1.54, 1.807) is 0 Å². The van der Waals surface area contributed by atoms with Crippen LogP contribution in [0.15, 0.2) is 12.1 Å². The zero-order chi connectivity index (χ0) is 9.14. The molecule has 1 aromatic rings. The summed E-state index contributed by atoms with van der Waals surface area (Å²) in [5.41, 5.74) is 1.50. The lowest BCUT2D eigenvalue weighted by Crippen LogP contribution is -1.89. The van der Waals surface area contributed by atoms with Crippen molar-refractivity contribution in [2.45, 2.75) is 5.33 Å². The lowest BCUT2D eigenvalue weighted by molar-refractivity contribution is 1.36. The number of hydrogen-bond acceptors (Lipinski definition) is 1. The van der Waals surface area contributed by atoms with Gasteiger partial charge in [0.25, 0.3) is 0 Å². The largest absolute Gasteiger partial charge is 0.192 e. The van der Waals surface area contributed by atoms with Crippen molar-refractivity contribution in [1.82, 2.24) is 0 Å². The van der Waals surface area contributed by atoms with Crippen molar-refractivity contribution in [3.05, 3.63) is 31.9 Å².